The van der Waals surface area contributed by atoms with Crippen LogP contribution >= 0.6 is 23.5 Å². The molecule has 1 aromatic rings. The van der Waals surface area contributed by atoms with Crippen LogP contribution in [0.1, 0.15) is 304 Å². The Labute approximate surface area is 824 Å². The van der Waals surface area contributed by atoms with Crippen molar-refractivity contribution in [1.29, 1.82) is 0 Å². The van der Waals surface area contributed by atoms with Gasteiger partial charge in [0.1, 0.15) is 97.9 Å². The van der Waals surface area contributed by atoms with Gasteiger partial charge in [-0.1, -0.05) is 212 Å². The van der Waals surface area contributed by atoms with E-state index in [4.69, 9.17) is 112 Å². The molecule has 0 aromatic heterocycles. The van der Waals surface area contributed by atoms with Crippen LogP contribution in [-0.2, 0) is 137 Å². The molecule has 0 saturated carbocycles. The van der Waals surface area contributed by atoms with Gasteiger partial charge in [-0.2, -0.15) is 30.3 Å². The fourth-order valence-corrected chi connectivity index (χ4v) is 18.3. The number of hydrogen-bond acceptors (Lipinski definition) is 36. The number of ether oxygens (including phenoxy) is 15. The standard InChI is InChI=1S/C91H169N16O29P3/c1-20-34-52-113-62-70(97-104-92)84(124-71(63-114-53-35-21-2)67(15)123-68(16)108)131-137(110,134-101-89(17,28-9)29-10)128-79-73(65-116-55-37-23-4)126-86(76(99-106-94)82(79)119-58-40-26-7)133-139(112,136-103-91(19,32-13)33-14)130-80-74(66-117-56-38-24-5)127-87(77(100-107-95)83(80)120-59-41-27-8)132-138(111,135-102-90(18,30-11)31-12)129-78-72(64-115-54-36-22-3)125-85(75(98-105-93)81(78)118-57-39-25-6)121-60-48-43-42-47-51-96-88(109)122-61-69-49-45-44-46-50-69/h44-46,49-50,67,70-87,101-103H,20-43,47-48,51-66H2,1-19H3,(H,96,109)/t67-,70-,71?,72?,73?,74?,75?,76?,77?,78+,79+,80+,81+,82+,83+,84+,85-,86+,87+,137?,138?,139?/m0/s1. The highest BCUT2D eigenvalue weighted by atomic mass is 31.2. The Bertz CT molecular complexity index is 3830. The first kappa shape index (κ1) is 126. The first-order valence-corrected chi connectivity index (χ1v) is 54.9. The third kappa shape index (κ3) is 46.7. The summed E-state index contributed by atoms with van der Waals surface area (Å²) < 4.78 is 208. The maximum Gasteiger partial charge on any atom is 0.494 e. The van der Waals surface area contributed by atoms with Crippen LogP contribution in [0.3, 0.4) is 0 Å². The van der Waals surface area contributed by atoms with Crippen molar-refractivity contribution < 1.29 is 135 Å². The summed E-state index contributed by atoms with van der Waals surface area (Å²) in [7, 11) is -16.6. The summed E-state index contributed by atoms with van der Waals surface area (Å²) >= 11 is 0. The molecule has 3 fully saturated rings. The third-order valence-electron chi connectivity index (χ3n) is 24.3. The molecule has 0 spiro atoms. The Balaban J connectivity index is 2.07. The molecule has 802 valence electrons. The Morgan fingerprint density at radius 1 is 0.432 bits per heavy atom. The normalized spacial score (nSPS) is 24.1. The van der Waals surface area contributed by atoms with Gasteiger partial charge in [0.25, 0.3) is 0 Å². The molecule has 4 rings (SSSR count). The molecule has 22 atom stereocenters. The van der Waals surface area contributed by atoms with Crippen molar-refractivity contribution in [1.82, 2.24) is 21.8 Å². The van der Waals surface area contributed by atoms with Crippen LogP contribution in [0.5, 0.6) is 0 Å². The van der Waals surface area contributed by atoms with E-state index in [1.54, 1.807) is 20.8 Å². The van der Waals surface area contributed by atoms with E-state index in [1.165, 1.54) is 6.92 Å². The van der Waals surface area contributed by atoms with Gasteiger partial charge in [0.2, 0.25) is 0 Å². The van der Waals surface area contributed by atoms with Crippen molar-refractivity contribution in [3.63, 3.8) is 0 Å². The molecule has 45 nitrogen and oxygen atoms in total. The first-order valence-electron chi connectivity index (χ1n) is 50.5. The lowest BCUT2D eigenvalue weighted by Crippen LogP contribution is -2.62. The Hall–Kier alpha value is -5.11. The summed E-state index contributed by atoms with van der Waals surface area (Å²) in [6.07, 6.45) is -10.6. The number of nitrogens with zero attached hydrogens (tertiary/aromatic N) is 12. The topological polar surface area (TPSA) is 550 Å². The molecule has 1 aromatic carbocycles. The number of hydroxylamine groups is 3. The van der Waals surface area contributed by atoms with Crippen molar-refractivity contribution in [2.45, 2.75) is 438 Å². The number of nitrogens with one attached hydrogen (secondary N) is 4. The highest BCUT2D eigenvalue weighted by Crippen LogP contribution is 2.60. The van der Waals surface area contributed by atoms with Crippen LogP contribution in [0.15, 0.2) is 50.8 Å². The number of esters is 1. The smallest absolute Gasteiger partial charge is 0.460 e. The Kier molecular flexibility index (Phi) is 64.8. The summed E-state index contributed by atoms with van der Waals surface area (Å²) in [5, 5.41) is 19.6. The molecule has 139 heavy (non-hydrogen) atoms. The van der Waals surface area contributed by atoms with Gasteiger partial charge in [-0.15, -0.1) is 0 Å². The third-order valence-corrected chi connectivity index (χ3v) is 28.2. The van der Waals surface area contributed by atoms with E-state index in [-0.39, 0.29) is 85.9 Å². The number of benzene rings is 1. The average molecular weight is 2040 g/mol. The second kappa shape index (κ2) is 71.4. The largest absolute Gasteiger partial charge is 0.494 e. The molecule has 3 aliphatic heterocycles. The van der Waals surface area contributed by atoms with Crippen LogP contribution in [-0.4, -0.2) is 244 Å². The monoisotopic (exact) mass is 2040 g/mol. The van der Waals surface area contributed by atoms with Gasteiger partial charge < -0.3 is 76.4 Å². The van der Waals surface area contributed by atoms with Gasteiger partial charge >= 0.3 is 35.5 Å². The molecule has 3 heterocycles. The predicted octanol–water partition coefficient (Wildman–Crippen LogP) is 21.5. The number of carbonyl (C=O) groups is 2. The van der Waals surface area contributed by atoms with Crippen molar-refractivity contribution in [3.8, 4) is 0 Å². The van der Waals surface area contributed by atoms with E-state index in [2.05, 4.69) is 61.9 Å². The summed E-state index contributed by atoms with van der Waals surface area (Å²) in [6, 6.07) is 2.78. The molecule has 0 bridgehead atoms. The minimum Gasteiger partial charge on any atom is -0.460 e. The van der Waals surface area contributed by atoms with E-state index < -0.39 is 182 Å². The highest BCUT2D eigenvalue weighted by Gasteiger charge is 2.60. The molecule has 0 aliphatic carbocycles. The number of amides is 1. The highest BCUT2D eigenvalue weighted by molar-refractivity contribution is 7.49. The second-order valence-electron chi connectivity index (χ2n) is 35.6. The number of azide groups is 4. The summed E-state index contributed by atoms with van der Waals surface area (Å²) in [6.45, 7) is 34.5. The van der Waals surface area contributed by atoms with E-state index in [1.807, 2.05) is 134 Å². The van der Waals surface area contributed by atoms with E-state index >= 15 is 13.7 Å². The quantitative estimate of drug-likeness (QED) is 0.00688. The molecule has 48 heteroatoms. The lowest BCUT2D eigenvalue weighted by Gasteiger charge is -2.47. The van der Waals surface area contributed by atoms with Gasteiger partial charge in [-0.05, 0) is 158 Å². The van der Waals surface area contributed by atoms with Crippen molar-refractivity contribution >= 4 is 35.5 Å². The summed E-state index contributed by atoms with van der Waals surface area (Å²) in [4.78, 5) is 38.2. The maximum atomic E-state index is 17.2. The van der Waals surface area contributed by atoms with Gasteiger partial charge in [-0.25, -0.2) is 18.5 Å². The van der Waals surface area contributed by atoms with E-state index in [9.17, 15) is 31.7 Å². The number of alkyl carbamates (subject to hydrolysis) is 1. The number of rotatable bonds is 83. The fourth-order valence-electron chi connectivity index (χ4n) is 13.9. The van der Waals surface area contributed by atoms with Gasteiger partial charge in [0, 0.05) is 109 Å². The molecule has 4 N–H and O–H groups in total. The van der Waals surface area contributed by atoms with Crippen LogP contribution in [0.4, 0.5) is 4.79 Å². The molecule has 3 aliphatic rings. The van der Waals surface area contributed by atoms with Crippen molar-refractivity contribution in [3.05, 3.63) is 77.7 Å². The van der Waals surface area contributed by atoms with Crippen molar-refractivity contribution in [2.24, 2.45) is 20.5 Å². The van der Waals surface area contributed by atoms with Crippen LogP contribution in [0.2, 0.25) is 0 Å². The maximum absolute atomic E-state index is 17.2. The Morgan fingerprint density at radius 3 is 1.18 bits per heavy atom. The number of phosphoric ester groups is 3. The van der Waals surface area contributed by atoms with Gasteiger partial charge in [-0.3, -0.25) is 31.9 Å². The minimum absolute atomic E-state index is 0.0654. The summed E-state index contributed by atoms with van der Waals surface area (Å²) in [5.41, 5.74) is 49.5. The van der Waals surface area contributed by atoms with Crippen molar-refractivity contribution in [2.75, 3.05) is 99.0 Å². The Morgan fingerprint density at radius 2 is 0.791 bits per heavy atom. The number of unbranched alkanes of at least 4 members (excludes halogenated alkanes) is 11. The second-order valence-corrected chi connectivity index (χ2v) is 40.1. The summed E-state index contributed by atoms with van der Waals surface area (Å²) in [5.74, 6) is -0.674. The van der Waals surface area contributed by atoms with Crippen LogP contribution in [0.25, 0.3) is 41.8 Å². The zero-order valence-corrected chi connectivity index (χ0v) is 88.8. The van der Waals surface area contributed by atoms with Crippen LogP contribution < -0.4 is 21.8 Å². The molecule has 10 unspecified atom stereocenters. The fraction of sp³-hybridized carbons (Fsp3) is 0.912. The van der Waals surface area contributed by atoms with E-state index in [0.29, 0.717) is 154 Å². The molecule has 1 amide bonds. The predicted molar refractivity (Wildman–Crippen MR) is 520 cm³/mol. The number of phosphoric acid groups is 3. The van der Waals surface area contributed by atoms with Crippen LogP contribution in [0, 0.1) is 0 Å². The molecule has 0 radical (unpaired) electrons. The molecule has 3 saturated heterocycles. The molecular weight excluding hydrogens is 1870 g/mol. The zero-order valence-electron chi connectivity index (χ0n) is 86.1. The first-order chi connectivity index (χ1) is 66.9. The molecular formula is C91H169N16O29P3. The number of carbonyl (C=O) groups excluding carboxylic acids is 2. The lowest BCUT2D eigenvalue weighted by atomic mass is 9.97. The average Bonchev–Trinajstić information content (AvgIpc) is 0.765. The minimum atomic E-state index is -5.65. The number of hydrogen-bond donors (Lipinski definition) is 4. The SMILES string of the molecule is CCCCOCC(O[C@H](OP(=O)(ONC(C)(CC)CC)O[C@@H]1C(COCCCC)O[C@H](OP(=O)(ONC(C)(CC)CC)O[C@@H]2C(COCCCC)O[C@H](OP(=O)(ONC(C)(CC)CC)O[C@@H]3C(COCCCC)O[C@H](OCCCCCCNC(=O)OCc4ccccc4)C(N=[N+]=[N-])[C@H]3OCCCC)C(N=[N+]=[N-])[C@H]2OCCCC)C(N=[N+]=[N-])[C@H]1OCCCC)[C@H](COCCCC)N=[N+]=[N-])[C@H](C)OC(C)=O. The van der Waals surface area contributed by atoms with Gasteiger partial charge in [0.05, 0.1) is 33.0 Å². The van der Waals surface area contributed by atoms with E-state index in [0.717, 1.165) is 24.8 Å². The van der Waals surface area contributed by atoms with Gasteiger partial charge in [0.15, 0.2) is 25.2 Å². The lowest BCUT2D eigenvalue weighted by molar-refractivity contribution is -0.279. The zero-order chi connectivity index (χ0) is 102.